The largest absolute Gasteiger partial charge is 0.339 e. The van der Waals surface area contributed by atoms with Crippen molar-refractivity contribution in [2.24, 2.45) is 23.0 Å². The van der Waals surface area contributed by atoms with Gasteiger partial charge in [0.1, 0.15) is 0 Å². The summed E-state index contributed by atoms with van der Waals surface area (Å²) in [5, 5.41) is 0. The molecule has 2 N–H and O–H groups in total. The van der Waals surface area contributed by atoms with Gasteiger partial charge in [-0.1, -0.05) is 33.1 Å². The second-order valence-electron chi connectivity index (χ2n) is 7.41. The van der Waals surface area contributed by atoms with Crippen molar-refractivity contribution in [3.63, 3.8) is 0 Å². The highest BCUT2D eigenvalue weighted by atomic mass is 16.2. The highest BCUT2D eigenvalue weighted by molar-refractivity contribution is 5.80. The minimum Gasteiger partial charge on any atom is -0.339 e. The number of hydrogen-bond acceptors (Lipinski definition) is 2. The first-order valence-corrected chi connectivity index (χ1v) is 8.51. The van der Waals surface area contributed by atoms with E-state index in [1.807, 2.05) is 0 Å². The second-order valence-corrected chi connectivity index (χ2v) is 7.41. The van der Waals surface area contributed by atoms with Gasteiger partial charge in [-0.25, -0.2) is 0 Å². The summed E-state index contributed by atoms with van der Waals surface area (Å²) >= 11 is 0. The lowest BCUT2D eigenvalue weighted by atomic mass is 9.79. The fraction of sp³-hybridized carbons (Fsp3) is 0.941. The fourth-order valence-corrected chi connectivity index (χ4v) is 4.41. The van der Waals surface area contributed by atoms with E-state index in [0.29, 0.717) is 17.9 Å². The molecule has 0 radical (unpaired) electrons. The monoisotopic (exact) mass is 280 g/mol. The highest BCUT2D eigenvalue weighted by Crippen LogP contribution is 2.44. The van der Waals surface area contributed by atoms with Crippen molar-refractivity contribution in [3.05, 3.63) is 0 Å². The topological polar surface area (TPSA) is 46.3 Å². The molecule has 3 nitrogen and oxygen atoms in total. The lowest BCUT2D eigenvalue weighted by Gasteiger charge is -2.42. The molecule has 0 heterocycles. The van der Waals surface area contributed by atoms with Gasteiger partial charge in [-0.15, -0.1) is 0 Å². The Kier molecular flexibility index (Phi) is 5.11. The summed E-state index contributed by atoms with van der Waals surface area (Å²) in [5.41, 5.74) is 6.13. The molecule has 2 saturated carbocycles. The van der Waals surface area contributed by atoms with E-state index in [1.54, 1.807) is 0 Å². The minimum atomic E-state index is 0.178. The van der Waals surface area contributed by atoms with Crippen molar-refractivity contribution in [3.8, 4) is 0 Å². The molecule has 2 rings (SSSR count). The normalized spacial score (nSPS) is 33.1. The standard InChI is InChI=1S/C17H32N2O/c1-4-19(15-10-6-5-8-13(15)12-18)16(20)14-9-7-11-17(14,2)3/h13-15H,4-12,18H2,1-3H3. The van der Waals surface area contributed by atoms with Crippen LogP contribution in [0.5, 0.6) is 0 Å². The van der Waals surface area contributed by atoms with E-state index in [0.717, 1.165) is 25.9 Å². The maximum absolute atomic E-state index is 13.0. The summed E-state index contributed by atoms with van der Waals surface area (Å²) in [6.07, 6.45) is 8.33. The Labute approximate surface area is 124 Å². The number of carbonyl (C=O) groups is 1. The molecule has 0 aromatic carbocycles. The Morgan fingerprint density at radius 2 is 1.90 bits per heavy atom. The highest BCUT2D eigenvalue weighted by Gasteiger charge is 2.43. The SMILES string of the molecule is CCN(C(=O)C1CCCC1(C)C)C1CCCCC1CN. The molecule has 20 heavy (non-hydrogen) atoms. The molecule has 0 bridgehead atoms. The van der Waals surface area contributed by atoms with Crippen molar-refractivity contribution < 1.29 is 4.79 Å². The van der Waals surface area contributed by atoms with Crippen LogP contribution in [-0.2, 0) is 4.79 Å². The van der Waals surface area contributed by atoms with E-state index in [2.05, 4.69) is 25.7 Å². The molecule has 0 aliphatic heterocycles. The average Bonchev–Trinajstić information content (AvgIpc) is 2.79. The third kappa shape index (κ3) is 3.03. The maximum Gasteiger partial charge on any atom is 0.226 e. The van der Waals surface area contributed by atoms with Gasteiger partial charge in [0.25, 0.3) is 0 Å². The Hall–Kier alpha value is -0.570. The van der Waals surface area contributed by atoms with Gasteiger partial charge in [0.05, 0.1) is 0 Å². The van der Waals surface area contributed by atoms with Crippen molar-refractivity contribution in [2.75, 3.05) is 13.1 Å². The molecule has 116 valence electrons. The molecular formula is C17H32N2O. The molecule has 2 fully saturated rings. The zero-order valence-corrected chi connectivity index (χ0v) is 13.5. The van der Waals surface area contributed by atoms with E-state index in [4.69, 9.17) is 5.73 Å². The average molecular weight is 280 g/mol. The Bertz CT molecular complexity index is 340. The quantitative estimate of drug-likeness (QED) is 0.859. The Morgan fingerprint density at radius 3 is 2.45 bits per heavy atom. The minimum absolute atomic E-state index is 0.178. The third-order valence-corrected chi connectivity index (χ3v) is 5.75. The van der Waals surface area contributed by atoms with Crippen LogP contribution >= 0.6 is 0 Å². The molecule has 0 aromatic rings. The molecule has 0 aromatic heterocycles. The van der Waals surface area contributed by atoms with E-state index in [9.17, 15) is 4.79 Å². The van der Waals surface area contributed by atoms with Crippen molar-refractivity contribution in [1.29, 1.82) is 0 Å². The molecule has 0 spiro atoms. The van der Waals surface area contributed by atoms with Gasteiger partial charge in [0.15, 0.2) is 0 Å². The molecule has 3 atom stereocenters. The molecule has 1 amide bonds. The van der Waals surface area contributed by atoms with Gasteiger partial charge < -0.3 is 10.6 Å². The van der Waals surface area contributed by atoms with Crippen LogP contribution in [0.15, 0.2) is 0 Å². The van der Waals surface area contributed by atoms with Gasteiger partial charge in [-0.2, -0.15) is 0 Å². The first kappa shape index (κ1) is 15.8. The number of amides is 1. The summed E-state index contributed by atoms with van der Waals surface area (Å²) in [6.45, 7) is 8.21. The second kappa shape index (κ2) is 6.46. The van der Waals surface area contributed by atoms with Crippen LogP contribution < -0.4 is 5.73 Å². The molecule has 2 aliphatic carbocycles. The number of nitrogens with two attached hydrogens (primary N) is 1. The molecule has 0 saturated heterocycles. The number of carbonyl (C=O) groups excluding carboxylic acids is 1. The molecular weight excluding hydrogens is 248 g/mol. The maximum atomic E-state index is 13.0. The van der Waals surface area contributed by atoms with Crippen LogP contribution in [0, 0.1) is 17.3 Å². The first-order chi connectivity index (χ1) is 9.51. The summed E-state index contributed by atoms with van der Waals surface area (Å²) < 4.78 is 0. The van der Waals surface area contributed by atoms with Crippen LogP contribution in [0.1, 0.15) is 65.7 Å². The van der Waals surface area contributed by atoms with Crippen LogP contribution in [0.2, 0.25) is 0 Å². The summed E-state index contributed by atoms with van der Waals surface area (Å²) in [6, 6.07) is 0.391. The lowest BCUT2D eigenvalue weighted by molar-refractivity contribution is -0.142. The predicted molar refractivity (Wildman–Crippen MR) is 83.3 cm³/mol. The van der Waals surface area contributed by atoms with Gasteiger partial charge >= 0.3 is 0 Å². The van der Waals surface area contributed by atoms with E-state index >= 15 is 0 Å². The lowest BCUT2D eigenvalue weighted by Crippen LogP contribution is -2.51. The van der Waals surface area contributed by atoms with Crippen molar-refractivity contribution in [1.82, 2.24) is 4.90 Å². The zero-order chi connectivity index (χ0) is 14.8. The number of rotatable bonds is 4. The Morgan fingerprint density at radius 1 is 1.20 bits per heavy atom. The predicted octanol–water partition coefficient (Wildman–Crippen LogP) is 3.18. The number of nitrogens with zero attached hydrogens (tertiary/aromatic N) is 1. The van der Waals surface area contributed by atoms with Crippen LogP contribution in [-0.4, -0.2) is 29.9 Å². The van der Waals surface area contributed by atoms with Gasteiger partial charge in [-0.05, 0) is 50.5 Å². The summed E-state index contributed by atoms with van der Waals surface area (Å²) in [5.74, 6) is 1.14. The Balaban J connectivity index is 2.12. The molecule has 2 aliphatic rings. The zero-order valence-electron chi connectivity index (χ0n) is 13.5. The van der Waals surface area contributed by atoms with Crippen LogP contribution in [0.4, 0.5) is 0 Å². The third-order valence-electron chi connectivity index (χ3n) is 5.75. The van der Waals surface area contributed by atoms with Gasteiger partial charge in [0.2, 0.25) is 5.91 Å². The molecule has 3 heteroatoms. The van der Waals surface area contributed by atoms with E-state index in [-0.39, 0.29) is 11.3 Å². The summed E-state index contributed by atoms with van der Waals surface area (Å²) in [7, 11) is 0. The van der Waals surface area contributed by atoms with Crippen molar-refractivity contribution in [2.45, 2.75) is 71.8 Å². The number of hydrogen-bond donors (Lipinski definition) is 1. The van der Waals surface area contributed by atoms with Crippen molar-refractivity contribution >= 4 is 5.91 Å². The summed E-state index contributed by atoms with van der Waals surface area (Å²) in [4.78, 5) is 15.2. The van der Waals surface area contributed by atoms with Crippen LogP contribution in [0.25, 0.3) is 0 Å². The van der Waals surface area contributed by atoms with E-state index < -0.39 is 0 Å². The van der Waals surface area contributed by atoms with Gasteiger partial charge in [-0.3, -0.25) is 4.79 Å². The van der Waals surface area contributed by atoms with Crippen LogP contribution in [0.3, 0.4) is 0 Å². The smallest absolute Gasteiger partial charge is 0.226 e. The fourth-order valence-electron chi connectivity index (χ4n) is 4.41. The molecule has 3 unspecified atom stereocenters. The first-order valence-electron chi connectivity index (χ1n) is 8.51. The van der Waals surface area contributed by atoms with Gasteiger partial charge in [0, 0.05) is 18.5 Å². The van der Waals surface area contributed by atoms with E-state index in [1.165, 1.54) is 32.1 Å².